The molecule has 1 N–H and O–H groups in total. The number of rotatable bonds is 7. The Labute approximate surface area is 160 Å². The first-order valence-electron chi connectivity index (χ1n) is 8.99. The Morgan fingerprint density at radius 1 is 1.32 bits per heavy atom. The number of thiazole rings is 1. The molecule has 2 aromatic rings. The van der Waals surface area contributed by atoms with Gasteiger partial charge in [-0.3, -0.25) is 4.90 Å². The van der Waals surface area contributed by atoms with Gasteiger partial charge in [0.05, 0.1) is 10.2 Å². The van der Waals surface area contributed by atoms with Crippen molar-refractivity contribution in [2.45, 2.75) is 57.8 Å². The van der Waals surface area contributed by atoms with Crippen molar-refractivity contribution in [3.05, 3.63) is 18.2 Å². The summed E-state index contributed by atoms with van der Waals surface area (Å²) in [5.74, 6) is 0.959. The van der Waals surface area contributed by atoms with E-state index in [1.807, 2.05) is 23.1 Å². The minimum absolute atomic E-state index is 0.0174. The summed E-state index contributed by atoms with van der Waals surface area (Å²) in [6.45, 7) is 11.5. The number of thiol groups is 1. The van der Waals surface area contributed by atoms with Gasteiger partial charge in [-0.25, -0.2) is 9.78 Å². The molecule has 1 heterocycles. The summed E-state index contributed by atoms with van der Waals surface area (Å²) in [4.78, 5) is 19.2. The fraction of sp³-hybridized carbons (Fsp3) is 0.579. The molecule has 1 aromatic heterocycles. The molecule has 1 atom stereocenters. The molecule has 0 radical (unpaired) electrons. The summed E-state index contributed by atoms with van der Waals surface area (Å²) in [6.07, 6.45) is 1.89. The smallest absolute Gasteiger partial charge is 0.322 e. The quantitative estimate of drug-likeness (QED) is 0.617. The molecule has 0 saturated carbocycles. The molecule has 0 aliphatic carbocycles. The van der Waals surface area contributed by atoms with Crippen LogP contribution in [0.4, 0.5) is 10.5 Å². The second-order valence-electron chi connectivity index (χ2n) is 7.23. The second-order valence-corrected chi connectivity index (χ2v) is 8.99. The van der Waals surface area contributed by atoms with Gasteiger partial charge in [-0.05, 0) is 42.9 Å². The maximum absolute atomic E-state index is 13.0. The number of hydrogen-bond acceptors (Lipinski definition) is 4. The van der Waals surface area contributed by atoms with E-state index in [-0.39, 0.29) is 12.1 Å². The van der Waals surface area contributed by atoms with Crippen LogP contribution >= 0.6 is 24.0 Å². The van der Waals surface area contributed by atoms with Crippen LogP contribution in [0.25, 0.3) is 10.2 Å². The predicted octanol–water partition coefficient (Wildman–Crippen LogP) is 5.58. The molecule has 0 fully saturated rings. The first-order valence-corrected chi connectivity index (χ1v) is 10.3. The van der Waals surface area contributed by atoms with Gasteiger partial charge in [0.1, 0.15) is 4.34 Å². The van der Waals surface area contributed by atoms with Gasteiger partial charge in [-0.15, -0.1) is 24.0 Å². The van der Waals surface area contributed by atoms with Crippen molar-refractivity contribution in [3.63, 3.8) is 0 Å². The van der Waals surface area contributed by atoms with Crippen LogP contribution in [-0.4, -0.2) is 23.6 Å². The third-order valence-electron chi connectivity index (χ3n) is 4.20. The molecule has 0 spiro atoms. The third kappa shape index (κ3) is 5.35. The molecular formula is C19H29N3OS2. The predicted molar refractivity (Wildman–Crippen MR) is 111 cm³/mol. The van der Waals surface area contributed by atoms with E-state index in [4.69, 9.17) is 0 Å². The van der Waals surface area contributed by atoms with Crippen LogP contribution in [0, 0.1) is 11.8 Å². The minimum Gasteiger partial charge on any atom is -0.335 e. The number of nitrogens with zero attached hydrogens (tertiary/aromatic N) is 2. The van der Waals surface area contributed by atoms with Crippen molar-refractivity contribution in [1.29, 1.82) is 0 Å². The van der Waals surface area contributed by atoms with Crippen LogP contribution in [0.15, 0.2) is 22.5 Å². The number of amides is 2. The van der Waals surface area contributed by atoms with Crippen LogP contribution in [-0.2, 0) is 0 Å². The molecule has 0 saturated heterocycles. The van der Waals surface area contributed by atoms with Gasteiger partial charge in [0.25, 0.3) is 0 Å². The highest BCUT2D eigenvalue weighted by atomic mass is 32.2. The zero-order chi connectivity index (χ0) is 18.6. The van der Waals surface area contributed by atoms with Crippen LogP contribution in [0.5, 0.6) is 0 Å². The zero-order valence-electron chi connectivity index (χ0n) is 15.7. The molecule has 6 heteroatoms. The summed E-state index contributed by atoms with van der Waals surface area (Å²) in [5.41, 5.74) is 1.84. The van der Waals surface area contributed by atoms with Gasteiger partial charge in [0.2, 0.25) is 0 Å². The van der Waals surface area contributed by atoms with E-state index >= 15 is 0 Å². The summed E-state index contributed by atoms with van der Waals surface area (Å²) >= 11 is 5.86. The third-order valence-corrected chi connectivity index (χ3v) is 5.40. The lowest BCUT2D eigenvalue weighted by Crippen LogP contribution is -2.47. The van der Waals surface area contributed by atoms with E-state index in [1.165, 1.54) is 11.3 Å². The molecule has 0 aliphatic heterocycles. The van der Waals surface area contributed by atoms with E-state index < -0.39 is 0 Å². The zero-order valence-corrected chi connectivity index (χ0v) is 17.5. The van der Waals surface area contributed by atoms with Gasteiger partial charge < -0.3 is 5.32 Å². The Morgan fingerprint density at radius 3 is 2.64 bits per heavy atom. The normalized spacial score (nSPS) is 12.8. The van der Waals surface area contributed by atoms with E-state index in [9.17, 15) is 4.79 Å². The molecule has 25 heavy (non-hydrogen) atoms. The van der Waals surface area contributed by atoms with Crippen LogP contribution in [0.1, 0.15) is 47.5 Å². The van der Waals surface area contributed by atoms with Crippen LogP contribution in [0.3, 0.4) is 0 Å². The second kappa shape index (κ2) is 8.90. The SMILES string of the molecule is CCCN(C(=O)NC(CC(C)C)C(C)C)c1ccc2nc(S)sc2c1. The molecular weight excluding hydrogens is 350 g/mol. The average molecular weight is 380 g/mol. The first kappa shape index (κ1) is 20.0. The highest BCUT2D eigenvalue weighted by molar-refractivity contribution is 7.82. The van der Waals surface area contributed by atoms with E-state index in [0.717, 1.165) is 33.1 Å². The molecule has 1 aromatic carbocycles. The lowest BCUT2D eigenvalue weighted by atomic mass is 9.95. The number of fused-ring (bicyclic) bond motifs is 1. The highest BCUT2D eigenvalue weighted by Gasteiger charge is 2.22. The Morgan fingerprint density at radius 2 is 2.04 bits per heavy atom. The Kier molecular flexibility index (Phi) is 7.14. The Balaban J connectivity index is 2.23. The first-order chi connectivity index (χ1) is 11.8. The van der Waals surface area contributed by atoms with Crippen LogP contribution in [0.2, 0.25) is 0 Å². The van der Waals surface area contributed by atoms with Crippen molar-refractivity contribution in [1.82, 2.24) is 10.3 Å². The average Bonchev–Trinajstić information content (AvgIpc) is 2.90. The summed E-state index contributed by atoms with van der Waals surface area (Å²) < 4.78 is 1.80. The van der Waals surface area contributed by atoms with Gasteiger partial charge in [0.15, 0.2) is 0 Å². The summed E-state index contributed by atoms with van der Waals surface area (Å²) in [7, 11) is 0. The van der Waals surface area contributed by atoms with Gasteiger partial charge >= 0.3 is 6.03 Å². The van der Waals surface area contributed by atoms with Crippen LogP contribution < -0.4 is 10.2 Å². The molecule has 4 nitrogen and oxygen atoms in total. The van der Waals surface area contributed by atoms with E-state index in [1.54, 1.807) is 0 Å². The van der Waals surface area contributed by atoms with Crippen molar-refractivity contribution in [3.8, 4) is 0 Å². The standard InChI is InChI=1S/C19H29N3OS2/c1-6-9-22(18(23)20-16(13(4)5)10-12(2)3)14-7-8-15-17(11-14)25-19(24)21-15/h7-8,11-13,16H,6,9-10H2,1-5H3,(H,20,23)(H,21,24). The van der Waals surface area contributed by atoms with Crippen molar-refractivity contribution < 1.29 is 4.79 Å². The van der Waals surface area contributed by atoms with Gasteiger partial charge in [-0.1, -0.05) is 34.6 Å². The topological polar surface area (TPSA) is 45.2 Å². The molecule has 138 valence electrons. The lowest BCUT2D eigenvalue weighted by molar-refractivity contribution is 0.234. The minimum atomic E-state index is -0.0174. The molecule has 0 aliphatic rings. The fourth-order valence-electron chi connectivity index (χ4n) is 2.88. The summed E-state index contributed by atoms with van der Waals surface area (Å²) in [5, 5.41) is 3.24. The summed E-state index contributed by atoms with van der Waals surface area (Å²) in [6, 6.07) is 6.14. The monoisotopic (exact) mass is 379 g/mol. The van der Waals surface area contributed by atoms with Crippen molar-refractivity contribution in [2.75, 3.05) is 11.4 Å². The lowest BCUT2D eigenvalue weighted by Gasteiger charge is -2.29. The maximum Gasteiger partial charge on any atom is 0.322 e. The molecule has 2 rings (SSSR count). The fourth-order valence-corrected chi connectivity index (χ4v) is 4.02. The number of carbonyl (C=O) groups is 1. The number of nitrogens with one attached hydrogen (secondary N) is 1. The van der Waals surface area contributed by atoms with Gasteiger partial charge in [0, 0.05) is 18.3 Å². The van der Waals surface area contributed by atoms with Crippen molar-refractivity contribution in [2.24, 2.45) is 11.8 Å². The highest BCUT2D eigenvalue weighted by Crippen LogP contribution is 2.29. The molecule has 1 unspecified atom stereocenters. The van der Waals surface area contributed by atoms with E-state index in [2.05, 4.69) is 57.5 Å². The number of anilines is 1. The number of aromatic nitrogens is 1. The maximum atomic E-state index is 13.0. The molecule has 0 bridgehead atoms. The Bertz CT molecular complexity index is 712. The number of benzene rings is 1. The molecule has 2 amide bonds. The number of urea groups is 1. The Hall–Kier alpha value is -1.27. The largest absolute Gasteiger partial charge is 0.335 e. The van der Waals surface area contributed by atoms with E-state index in [0.29, 0.717) is 18.4 Å². The number of hydrogen-bond donors (Lipinski definition) is 2. The van der Waals surface area contributed by atoms with Gasteiger partial charge in [-0.2, -0.15) is 0 Å². The number of carbonyl (C=O) groups excluding carboxylic acids is 1. The van der Waals surface area contributed by atoms with Crippen molar-refractivity contribution >= 4 is 45.9 Å².